The monoisotopic (exact) mass is 305 g/mol. The zero-order valence-electron chi connectivity index (χ0n) is 12.4. The van der Waals surface area contributed by atoms with Crippen molar-refractivity contribution in [2.75, 3.05) is 11.9 Å². The molecule has 0 fully saturated rings. The standard InChI is InChI=1S/C18H18F3N/c1-3-7-15-9-4-5-11-17(15)22(2)13-14-8-6-10-16(12-14)18(19,20)21/h3-6,8-12H,1,7,13H2,2H3. The number of para-hydroxylation sites is 1. The highest BCUT2D eigenvalue weighted by Crippen LogP contribution is 2.30. The number of anilines is 1. The van der Waals surface area contributed by atoms with Gasteiger partial charge in [-0.25, -0.2) is 0 Å². The van der Waals surface area contributed by atoms with Gasteiger partial charge in [0.25, 0.3) is 0 Å². The molecule has 22 heavy (non-hydrogen) atoms. The first kappa shape index (κ1) is 16.1. The summed E-state index contributed by atoms with van der Waals surface area (Å²) < 4.78 is 38.3. The minimum absolute atomic E-state index is 0.415. The van der Waals surface area contributed by atoms with Crippen molar-refractivity contribution in [1.82, 2.24) is 0 Å². The van der Waals surface area contributed by atoms with Crippen LogP contribution < -0.4 is 4.90 Å². The smallest absolute Gasteiger partial charge is 0.370 e. The number of nitrogens with zero attached hydrogens (tertiary/aromatic N) is 1. The fourth-order valence-corrected chi connectivity index (χ4v) is 2.42. The number of alkyl halides is 3. The summed E-state index contributed by atoms with van der Waals surface area (Å²) in [5, 5.41) is 0. The molecule has 0 aliphatic rings. The normalized spacial score (nSPS) is 11.3. The second-order valence-corrected chi connectivity index (χ2v) is 5.18. The van der Waals surface area contributed by atoms with Gasteiger partial charge in [0.2, 0.25) is 0 Å². The molecule has 1 nitrogen and oxygen atoms in total. The van der Waals surface area contributed by atoms with Crippen LogP contribution in [0.3, 0.4) is 0 Å². The molecular weight excluding hydrogens is 287 g/mol. The molecule has 2 rings (SSSR count). The zero-order chi connectivity index (χ0) is 16.2. The van der Waals surface area contributed by atoms with Gasteiger partial charge < -0.3 is 4.90 Å². The van der Waals surface area contributed by atoms with Crippen molar-refractivity contribution in [2.24, 2.45) is 0 Å². The summed E-state index contributed by atoms with van der Waals surface area (Å²) in [7, 11) is 1.88. The van der Waals surface area contributed by atoms with Crippen LogP contribution in [0.1, 0.15) is 16.7 Å². The van der Waals surface area contributed by atoms with E-state index < -0.39 is 11.7 Å². The Morgan fingerprint density at radius 3 is 2.50 bits per heavy atom. The lowest BCUT2D eigenvalue weighted by Crippen LogP contribution is -2.18. The van der Waals surface area contributed by atoms with E-state index >= 15 is 0 Å². The van der Waals surface area contributed by atoms with Gasteiger partial charge in [0.05, 0.1) is 5.56 Å². The third-order valence-corrected chi connectivity index (χ3v) is 3.44. The average molecular weight is 305 g/mol. The Morgan fingerprint density at radius 2 is 1.82 bits per heavy atom. The van der Waals surface area contributed by atoms with Gasteiger partial charge in [0, 0.05) is 19.3 Å². The number of rotatable bonds is 5. The maximum atomic E-state index is 12.8. The first-order valence-electron chi connectivity index (χ1n) is 6.98. The highest BCUT2D eigenvalue weighted by atomic mass is 19.4. The average Bonchev–Trinajstić information content (AvgIpc) is 2.47. The van der Waals surface area contributed by atoms with Crippen molar-refractivity contribution >= 4 is 5.69 Å². The van der Waals surface area contributed by atoms with Gasteiger partial charge >= 0.3 is 6.18 Å². The van der Waals surface area contributed by atoms with Crippen LogP contribution in [0.5, 0.6) is 0 Å². The second-order valence-electron chi connectivity index (χ2n) is 5.18. The topological polar surface area (TPSA) is 3.24 Å². The molecular formula is C18H18F3N. The van der Waals surface area contributed by atoms with Gasteiger partial charge in [-0.05, 0) is 35.7 Å². The van der Waals surface area contributed by atoms with Crippen LogP contribution in [-0.4, -0.2) is 7.05 Å². The zero-order valence-corrected chi connectivity index (χ0v) is 12.4. The predicted molar refractivity (Wildman–Crippen MR) is 83.9 cm³/mol. The summed E-state index contributed by atoms with van der Waals surface area (Å²) in [4.78, 5) is 1.95. The van der Waals surface area contributed by atoms with Crippen LogP contribution in [-0.2, 0) is 19.1 Å². The fourth-order valence-electron chi connectivity index (χ4n) is 2.42. The molecule has 0 amide bonds. The Balaban J connectivity index is 2.22. The van der Waals surface area contributed by atoms with Crippen molar-refractivity contribution in [3.8, 4) is 0 Å². The van der Waals surface area contributed by atoms with E-state index in [1.807, 2.05) is 42.3 Å². The van der Waals surface area contributed by atoms with E-state index in [1.165, 1.54) is 12.1 Å². The molecule has 0 radical (unpaired) electrons. The molecule has 116 valence electrons. The molecule has 0 aliphatic heterocycles. The maximum absolute atomic E-state index is 12.8. The molecule has 2 aromatic carbocycles. The largest absolute Gasteiger partial charge is 0.416 e. The van der Waals surface area contributed by atoms with Gasteiger partial charge in [-0.1, -0.05) is 36.4 Å². The summed E-state index contributed by atoms with van der Waals surface area (Å²) in [5.74, 6) is 0. The Bertz CT molecular complexity index is 647. The number of hydrogen-bond acceptors (Lipinski definition) is 1. The molecule has 0 spiro atoms. The molecule has 4 heteroatoms. The van der Waals surface area contributed by atoms with Crippen molar-refractivity contribution < 1.29 is 13.2 Å². The summed E-state index contributed by atoms with van der Waals surface area (Å²) in [6, 6.07) is 13.3. The molecule has 2 aromatic rings. The van der Waals surface area contributed by atoms with Crippen molar-refractivity contribution in [1.29, 1.82) is 0 Å². The van der Waals surface area contributed by atoms with Crippen LogP contribution >= 0.6 is 0 Å². The van der Waals surface area contributed by atoms with Gasteiger partial charge in [-0.2, -0.15) is 13.2 Å². The highest BCUT2D eigenvalue weighted by molar-refractivity contribution is 5.54. The summed E-state index contributed by atoms with van der Waals surface area (Å²) in [6.07, 6.45) is -1.77. The second kappa shape index (κ2) is 6.69. The van der Waals surface area contributed by atoms with E-state index in [0.717, 1.165) is 23.7 Å². The number of hydrogen-bond donors (Lipinski definition) is 0. The molecule has 0 aliphatic carbocycles. The van der Waals surface area contributed by atoms with E-state index in [0.29, 0.717) is 12.1 Å². The number of benzene rings is 2. The van der Waals surface area contributed by atoms with E-state index in [4.69, 9.17) is 0 Å². The van der Waals surface area contributed by atoms with E-state index in [9.17, 15) is 13.2 Å². The van der Waals surface area contributed by atoms with E-state index in [2.05, 4.69) is 6.58 Å². The molecule has 0 saturated heterocycles. The Labute approximate surface area is 128 Å². The lowest BCUT2D eigenvalue weighted by Gasteiger charge is -2.22. The van der Waals surface area contributed by atoms with Crippen molar-refractivity contribution in [2.45, 2.75) is 19.1 Å². The highest BCUT2D eigenvalue weighted by Gasteiger charge is 2.30. The Kier molecular flexibility index (Phi) is 4.91. The third kappa shape index (κ3) is 3.91. The lowest BCUT2D eigenvalue weighted by molar-refractivity contribution is -0.137. The predicted octanol–water partition coefficient (Wildman–Crippen LogP) is 5.07. The minimum atomic E-state index is -4.31. The van der Waals surface area contributed by atoms with Gasteiger partial charge in [-0.3, -0.25) is 0 Å². The number of allylic oxidation sites excluding steroid dienone is 1. The van der Waals surface area contributed by atoms with E-state index in [-0.39, 0.29) is 0 Å². The summed E-state index contributed by atoms with van der Waals surface area (Å²) in [6.45, 7) is 4.15. The quantitative estimate of drug-likeness (QED) is 0.697. The Morgan fingerprint density at radius 1 is 1.09 bits per heavy atom. The SMILES string of the molecule is C=CCc1ccccc1N(C)Cc1cccc(C(F)(F)F)c1. The molecule has 0 aromatic heterocycles. The van der Waals surface area contributed by atoms with Crippen molar-refractivity contribution in [3.63, 3.8) is 0 Å². The van der Waals surface area contributed by atoms with Crippen LogP contribution in [0.4, 0.5) is 18.9 Å². The van der Waals surface area contributed by atoms with E-state index in [1.54, 1.807) is 6.07 Å². The molecule has 0 atom stereocenters. The summed E-state index contributed by atoms with van der Waals surface area (Å²) >= 11 is 0. The van der Waals surface area contributed by atoms with Crippen LogP contribution in [0.15, 0.2) is 61.2 Å². The van der Waals surface area contributed by atoms with Crippen molar-refractivity contribution in [3.05, 3.63) is 77.9 Å². The molecule has 0 unspecified atom stereocenters. The third-order valence-electron chi connectivity index (χ3n) is 3.44. The van der Waals surface area contributed by atoms with Crippen LogP contribution in [0.2, 0.25) is 0 Å². The molecule has 0 saturated carbocycles. The van der Waals surface area contributed by atoms with Gasteiger partial charge in [-0.15, -0.1) is 6.58 Å². The number of halogens is 3. The lowest BCUT2D eigenvalue weighted by atomic mass is 10.1. The van der Waals surface area contributed by atoms with Crippen LogP contribution in [0.25, 0.3) is 0 Å². The maximum Gasteiger partial charge on any atom is 0.416 e. The van der Waals surface area contributed by atoms with Gasteiger partial charge in [0.15, 0.2) is 0 Å². The molecule has 0 N–H and O–H groups in total. The molecule has 0 heterocycles. The summed E-state index contributed by atoms with van der Waals surface area (Å²) in [5.41, 5.74) is 2.12. The van der Waals surface area contributed by atoms with Crippen LogP contribution in [0, 0.1) is 0 Å². The first-order valence-corrected chi connectivity index (χ1v) is 6.98. The first-order chi connectivity index (χ1) is 10.4. The Hall–Kier alpha value is -2.23. The molecule has 0 bridgehead atoms. The minimum Gasteiger partial charge on any atom is -0.370 e. The van der Waals surface area contributed by atoms with Gasteiger partial charge in [0.1, 0.15) is 0 Å². The fraction of sp³-hybridized carbons (Fsp3) is 0.222.